The normalized spacial score (nSPS) is 13.9. The van der Waals surface area contributed by atoms with E-state index < -0.39 is 15.8 Å². The molecule has 18 bridgehead atoms. The van der Waals surface area contributed by atoms with E-state index in [2.05, 4.69) is 208 Å². The van der Waals surface area contributed by atoms with Crippen molar-refractivity contribution in [1.29, 1.82) is 0 Å². The van der Waals surface area contributed by atoms with Crippen molar-refractivity contribution in [2.45, 2.75) is 57.8 Å². The van der Waals surface area contributed by atoms with Crippen molar-refractivity contribution in [3.63, 3.8) is 0 Å². The molecular formula is C81H64O5P2. The van der Waals surface area contributed by atoms with Gasteiger partial charge in [-0.2, -0.15) is 0 Å². The van der Waals surface area contributed by atoms with Crippen molar-refractivity contribution < 1.29 is 25.2 Å². The van der Waals surface area contributed by atoms with Gasteiger partial charge in [0.05, 0.1) is 0 Å². The Morgan fingerprint density at radius 2 is 0.682 bits per heavy atom. The first-order valence-electron chi connectivity index (χ1n) is 30.3. The van der Waals surface area contributed by atoms with Gasteiger partial charge in [-0.05, 0) is 163 Å². The summed E-state index contributed by atoms with van der Waals surface area (Å²) >= 11 is 0. The number of phenols is 4. The largest absolute Gasteiger partial charge is 0.507 e. The van der Waals surface area contributed by atoms with Gasteiger partial charge < -0.3 is 25.2 Å². The number of para-hydroxylation sites is 4. The Labute approximate surface area is 517 Å². The summed E-state index contributed by atoms with van der Waals surface area (Å²) in [4.78, 5) is 0. The molecule has 7 heteroatoms. The number of benzene rings is 12. The quantitative estimate of drug-likeness (QED) is 0.132. The molecule has 0 fully saturated rings. The number of ether oxygens (including phenoxy) is 1. The minimum atomic E-state index is -1.14. The second kappa shape index (κ2) is 22.7. The van der Waals surface area contributed by atoms with E-state index in [1.54, 1.807) is 0 Å². The van der Waals surface area contributed by atoms with Gasteiger partial charge in [-0.1, -0.05) is 244 Å². The van der Waals surface area contributed by atoms with Crippen LogP contribution in [0.5, 0.6) is 34.5 Å². The van der Waals surface area contributed by atoms with Crippen LogP contribution in [-0.4, -0.2) is 20.4 Å². The highest BCUT2D eigenvalue weighted by atomic mass is 31.1. The molecule has 26 rings (SSSR count). The van der Waals surface area contributed by atoms with Crippen LogP contribution in [0.2, 0.25) is 0 Å². The smallest absolute Gasteiger partial charge is 0.139 e. The van der Waals surface area contributed by atoms with E-state index in [1.165, 1.54) is 65.2 Å². The van der Waals surface area contributed by atoms with Crippen molar-refractivity contribution in [2.24, 2.45) is 0 Å². The highest BCUT2D eigenvalue weighted by molar-refractivity contribution is 7.80. The van der Waals surface area contributed by atoms with Crippen LogP contribution in [0.25, 0.3) is 22.3 Å². The van der Waals surface area contributed by atoms with E-state index in [9.17, 15) is 20.4 Å². The van der Waals surface area contributed by atoms with Crippen molar-refractivity contribution >= 4 is 47.7 Å². The molecule has 428 valence electrons. The zero-order valence-corrected chi connectivity index (χ0v) is 50.9. The zero-order valence-electron chi connectivity index (χ0n) is 49.1. The monoisotopic (exact) mass is 1180 g/mol. The Morgan fingerprint density at radius 1 is 0.330 bits per heavy atom. The van der Waals surface area contributed by atoms with Gasteiger partial charge in [0.2, 0.25) is 0 Å². The van der Waals surface area contributed by atoms with Crippen molar-refractivity contribution in [3.05, 3.63) is 333 Å². The van der Waals surface area contributed by atoms with Gasteiger partial charge in [0, 0.05) is 52.8 Å². The Hall–Kier alpha value is -9.50. The lowest BCUT2D eigenvalue weighted by Gasteiger charge is -2.38. The summed E-state index contributed by atoms with van der Waals surface area (Å²) in [5.41, 5.74) is 15.9. The van der Waals surface area contributed by atoms with Gasteiger partial charge in [0.25, 0.3) is 0 Å². The van der Waals surface area contributed by atoms with Gasteiger partial charge in [-0.25, -0.2) is 0 Å². The number of hydrogen-bond acceptors (Lipinski definition) is 5. The van der Waals surface area contributed by atoms with E-state index in [4.69, 9.17) is 4.74 Å². The highest BCUT2D eigenvalue weighted by Gasteiger charge is 2.39. The molecule has 13 heterocycles. The van der Waals surface area contributed by atoms with Crippen LogP contribution in [0.4, 0.5) is 0 Å². The molecule has 0 atom stereocenters. The number of fused-ring (bicyclic) bond motifs is 2. The molecule has 0 unspecified atom stereocenters. The molecule has 0 saturated carbocycles. The first-order chi connectivity index (χ1) is 43.0. The summed E-state index contributed by atoms with van der Waals surface area (Å²) in [7, 11) is -2.10. The molecule has 5 nitrogen and oxygen atoms in total. The number of hydrogen-bond donors (Lipinski definition) is 4. The van der Waals surface area contributed by atoms with Gasteiger partial charge in [-0.3, -0.25) is 0 Å². The summed E-state index contributed by atoms with van der Waals surface area (Å²) in [6.07, 6.45) is 2.52. The maximum absolute atomic E-state index is 12.2. The molecule has 0 saturated heterocycles. The van der Waals surface area contributed by atoms with E-state index in [1.807, 2.05) is 60.7 Å². The Kier molecular flexibility index (Phi) is 14.2. The van der Waals surface area contributed by atoms with Crippen molar-refractivity contribution in [2.75, 3.05) is 0 Å². The van der Waals surface area contributed by atoms with Gasteiger partial charge >= 0.3 is 0 Å². The molecule has 13 aliphatic heterocycles. The van der Waals surface area contributed by atoms with Crippen molar-refractivity contribution in [3.8, 4) is 56.8 Å². The Morgan fingerprint density at radius 3 is 1.09 bits per heavy atom. The maximum atomic E-state index is 12.2. The average Bonchev–Trinajstić information content (AvgIpc) is 1.34. The minimum Gasteiger partial charge on any atom is -0.507 e. The minimum absolute atomic E-state index is 0.134. The molecule has 88 heavy (non-hydrogen) atoms. The average molecular weight is 1180 g/mol. The number of aromatic hydroxyl groups is 4. The van der Waals surface area contributed by atoms with Crippen LogP contribution in [0, 0.1) is 0 Å². The van der Waals surface area contributed by atoms with E-state index in [0.29, 0.717) is 44.5 Å². The molecule has 0 radical (unpaired) electrons. The van der Waals surface area contributed by atoms with E-state index >= 15 is 0 Å². The van der Waals surface area contributed by atoms with Gasteiger partial charge in [0.15, 0.2) is 0 Å². The fourth-order valence-corrected chi connectivity index (χ4v) is 18.3. The SMILES string of the molecule is CC1(C)c2cccc(P(c3ccccc3)c3ccccc3)c2Oc2c(P3c4ccc(cc4)Cc4ccc(cc4)-c4cc5c(O)c(c4)Cc4cccc(c4O)Cc4cc(cc(c4O)Cc4cccc(c4O)C5)-c4ccc(cc4)Cc4ccc3cc4)cccc21. The molecule has 12 aromatic carbocycles. The van der Waals surface area contributed by atoms with Crippen LogP contribution in [-0.2, 0) is 43.9 Å². The highest BCUT2D eigenvalue weighted by Crippen LogP contribution is 2.53. The molecule has 1 aliphatic carbocycles. The topological polar surface area (TPSA) is 90.2 Å². The second-order valence-electron chi connectivity index (χ2n) is 24.3. The summed E-state index contributed by atoms with van der Waals surface area (Å²) in [6.45, 7) is 4.71. The fraction of sp³-hybridized carbons (Fsp3) is 0.111. The first-order valence-corrected chi connectivity index (χ1v) is 33.0. The van der Waals surface area contributed by atoms with Crippen LogP contribution >= 0.6 is 15.8 Å². The predicted octanol–water partition coefficient (Wildman–Crippen LogP) is 16.0. The zero-order chi connectivity index (χ0) is 59.6. The standard InChI is InChI=1S/C81H64O5P2/c1-81(2)71-21-11-23-73(87(67-17-5-3-6-18-67)68-19-7-4-8-20-68)79(71)86-80-72(81)22-12-24-74(80)88-69-37-29-53(30-38-69)41-51-25-33-55(34-26-51)61-47-63-43-57-13-9-14-58(75(57)82)44-64-48-62(56-35-27-52(28-36-56)42-54-31-39-70(88)40-32-54)50-66(78(64)85)46-60-16-10-15-59(76(60)83)45-65(49-61)77(63)84/h3-40,47-50,82-85H,41-46H2,1-2H3. The molecule has 14 aliphatic rings. The van der Waals surface area contributed by atoms with Gasteiger partial charge in [-0.15, -0.1) is 0 Å². The molecular weight excluding hydrogens is 1110 g/mol. The van der Waals surface area contributed by atoms with Crippen LogP contribution < -0.4 is 36.6 Å². The van der Waals surface area contributed by atoms with Gasteiger partial charge in [0.1, 0.15) is 34.5 Å². The Bertz CT molecular complexity index is 4300. The molecule has 0 spiro atoms. The fourth-order valence-electron chi connectivity index (χ4n) is 13.6. The lowest BCUT2D eigenvalue weighted by Crippen LogP contribution is -2.32. The third-order valence-electron chi connectivity index (χ3n) is 18.3. The van der Waals surface area contributed by atoms with E-state index in [-0.39, 0.29) is 54.1 Å². The summed E-state index contributed by atoms with van der Waals surface area (Å²) in [5.74, 6) is 2.43. The summed E-state index contributed by atoms with van der Waals surface area (Å²) in [6, 6.07) is 90.9. The molecule has 12 aromatic rings. The predicted molar refractivity (Wildman–Crippen MR) is 363 cm³/mol. The summed E-state index contributed by atoms with van der Waals surface area (Å²) in [5, 5.41) is 55.9. The lowest BCUT2D eigenvalue weighted by atomic mass is 9.76. The number of phenolic OH excluding ortho intramolecular Hbond substituents is 4. The van der Waals surface area contributed by atoms with Crippen LogP contribution in [0.3, 0.4) is 0 Å². The van der Waals surface area contributed by atoms with Crippen LogP contribution in [0.15, 0.2) is 255 Å². The molecule has 0 amide bonds. The third-order valence-corrected chi connectivity index (χ3v) is 23.2. The third kappa shape index (κ3) is 10.2. The lowest BCUT2D eigenvalue weighted by molar-refractivity contribution is 0.425. The maximum Gasteiger partial charge on any atom is 0.139 e. The second-order valence-corrected chi connectivity index (χ2v) is 28.7. The summed E-state index contributed by atoms with van der Waals surface area (Å²) < 4.78 is 7.61. The Balaban J connectivity index is 0.864. The van der Waals surface area contributed by atoms with Crippen LogP contribution in [0.1, 0.15) is 91.7 Å². The van der Waals surface area contributed by atoms with E-state index in [0.717, 1.165) is 46.6 Å². The molecule has 4 N–H and O–H groups in total. The van der Waals surface area contributed by atoms with Crippen molar-refractivity contribution in [1.82, 2.24) is 0 Å². The first kappa shape index (κ1) is 55.1. The number of rotatable bonds is 4. The molecule has 0 aromatic heterocycles.